The first-order valence-corrected chi connectivity index (χ1v) is 7.44. The summed E-state index contributed by atoms with van der Waals surface area (Å²) in [6.45, 7) is 4.09. The van der Waals surface area contributed by atoms with Gasteiger partial charge >= 0.3 is 0 Å². The van der Waals surface area contributed by atoms with Gasteiger partial charge in [0.15, 0.2) is 0 Å². The zero-order valence-electron chi connectivity index (χ0n) is 11.8. The van der Waals surface area contributed by atoms with Crippen LogP contribution >= 0.6 is 0 Å². The van der Waals surface area contributed by atoms with Crippen molar-refractivity contribution in [2.24, 2.45) is 5.92 Å². The Bertz CT molecular complexity index is 489. The number of hydrogen-bond donors (Lipinski definition) is 1. The molecule has 0 bridgehead atoms. The van der Waals surface area contributed by atoms with Crippen molar-refractivity contribution in [3.8, 4) is 0 Å². The maximum Gasteiger partial charge on any atom is 0.237 e. The first-order chi connectivity index (χ1) is 9.76. The predicted octanol–water partition coefficient (Wildman–Crippen LogP) is 0.885. The number of hydrogen-bond acceptors (Lipinski definition) is 3. The minimum atomic E-state index is 0.220. The molecule has 0 aromatic heterocycles. The molecule has 4 nitrogen and oxygen atoms in total. The molecule has 1 unspecified atom stereocenters. The Labute approximate surface area is 120 Å². The summed E-state index contributed by atoms with van der Waals surface area (Å²) in [5.74, 6) is 0.572. The second-order valence-electron chi connectivity index (χ2n) is 5.91. The van der Waals surface area contributed by atoms with E-state index in [2.05, 4.69) is 23.1 Å². The normalized spacial score (nSPS) is 22.9. The van der Waals surface area contributed by atoms with Crippen LogP contribution in [0.25, 0.3) is 0 Å². The van der Waals surface area contributed by atoms with Gasteiger partial charge in [-0.15, -0.1) is 0 Å². The van der Waals surface area contributed by atoms with E-state index >= 15 is 0 Å². The lowest BCUT2D eigenvalue weighted by Gasteiger charge is -2.30. The zero-order valence-corrected chi connectivity index (χ0v) is 11.8. The smallest absolute Gasteiger partial charge is 0.237 e. The van der Waals surface area contributed by atoms with Crippen LogP contribution in [0.1, 0.15) is 17.5 Å². The number of carbonyl (C=O) groups excluding carboxylic acids is 1. The van der Waals surface area contributed by atoms with Crippen molar-refractivity contribution < 1.29 is 9.90 Å². The number of aliphatic hydroxyl groups excluding tert-OH is 1. The van der Waals surface area contributed by atoms with Crippen molar-refractivity contribution in [2.75, 3.05) is 32.8 Å². The first-order valence-electron chi connectivity index (χ1n) is 7.44. The van der Waals surface area contributed by atoms with Gasteiger partial charge in [-0.05, 0) is 36.4 Å². The van der Waals surface area contributed by atoms with Crippen LogP contribution in [-0.4, -0.2) is 53.6 Å². The molecule has 0 radical (unpaired) electrons. The van der Waals surface area contributed by atoms with Crippen LogP contribution in [0.5, 0.6) is 0 Å². The molecular weight excluding hydrogens is 252 g/mol. The molecule has 2 aliphatic heterocycles. The molecule has 1 aromatic carbocycles. The molecule has 1 aromatic rings. The Morgan fingerprint density at radius 3 is 2.80 bits per heavy atom. The van der Waals surface area contributed by atoms with Crippen LogP contribution in [0.2, 0.25) is 0 Å². The van der Waals surface area contributed by atoms with Gasteiger partial charge in [-0.2, -0.15) is 0 Å². The lowest BCUT2D eigenvalue weighted by atomic mass is 10.00. The van der Waals surface area contributed by atoms with E-state index in [9.17, 15) is 4.79 Å². The number of fused-ring (bicyclic) bond motifs is 1. The molecule has 1 N–H and O–H groups in total. The molecule has 4 heteroatoms. The lowest BCUT2D eigenvalue weighted by Crippen LogP contribution is -2.42. The van der Waals surface area contributed by atoms with Crippen molar-refractivity contribution in [1.82, 2.24) is 9.80 Å². The molecule has 1 saturated heterocycles. The highest BCUT2D eigenvalue weighted by molar-refractivity contribution is 5.78. The van der Waals surface area contributed by atoms with E-state index in [0.717, 1.165) is 39.0 Å². The molecule has 0 spiro atoms. The van der Waals surface area contributed by atoms with Gasteiger partial charge in [-0.3, -0.25) is 9.69 Å². The van der Waals surface area contributed by atoms with Crippen LogP contribution in [0.4, 0.5) is 0 Å². The van der Waals surface area contributed by atoms with Gasteiger partial charge in [0.05, 0.1) is 6.54 Å². The molecule has 1 atom stereocenters. The maximum atomic E-state index is 12.4. The summed E-state index contributed by atoms with van der Waals surface area (Å²) in [4.78, 5) is 16.5. The standard InChI is InChI=1S/C16H22N2O2/c19-12-13-5-7-17(9-13)11-16(20)18-8-6-14-3-1-2-4-15(14)10-18/h1-4,13,19H,5-12H2. The number of benzene rings is 1. The summed E-state index contributed by atoms with van der Waals surface area (Å²) in [5, 5.41) is 9.15. The number of nitrogens with zero attached hydrogens (tertiary/aromatic N) is 2. The van der Waals surface area contributed by atoms with E-state index in [1.165, 1.54) is 11.1 Å². The third kappa shape index (κ3) is 2.86. The highest BCUT2D eigenvalue weighted by Gasteiger charge is 2.26. The molecule has 3 rings (SSSR count). The molecule has 0 aliphatic carbocycles. The molecule has 1 fully saturated rings. The fraction of sp³-hybridized carbons (Fsp3) is 0.562. The lowest BCUT2D eigenvalue weighted by molar-refractivity contribution is -0.133. The third-order valence-electron chi connectivity index (χ3n) is 4.47. The summed E-state index contributed by atoms with van der Waals surface area (Å²) < 4.78 is 0. The van der Waals surface area contributed by atoms with Crippen LogP contribution in [0, 0.1) is 5.92 Å². The Morgan fingerprint density at radius 1 is 1.25 bits per heavy atom. The van der Waals surface area contributed by atoms with Crippen molar-refractivity contribution in [2.45, 2.75) is 19.4 Å². The molecule has 2 heterocycles. The highest BCUT2D eigenvalue weighted by Crippen LogP contribution is 2.20. The molecule has 108 valence electrons. The molecule has 20 heavy (non-hydrogen) atoms. The summed E-state index contributed by atoms with van der Waals surface area (Å²) in [5.41, 5.74) is 2.65. The second kappa shape index (κ2) is 5.94. The van der Waals surface area contributed by atoms with Crippen molar-refractivity contribution in [3.63, 3.8) is 0 Å². The van der Waals surface area contributed by atoms with Crippen LogP contribution in [-0.2, 0) is 17.8 Å². The van der Waals surface area contributed by atoms with Crippen molar-refractivity contribution in [3.05, 3.63) is 35.4 Å². The second-order valence-corrected chi connectivity index (χ2v) is 5.91. The number of amides is 1. The summed E-state index contributed by atoms with van der Waals surface area (Å²) in [7, 11) is 0. The molecular formula is C16H22N2O2. The Morgan fingerprint density at radius 2 is 2.05 bits per heavy atom. The summed E-state index contributed by atoms with van der Waals surface area (Å²) in [6, 6.07) is 8.38. The maximum absolute atomic E-state index is 12.4. The molecule has 2 aliphatic rings. The van der Waals surface area contributed by atoms with Gasteiger partial charge < -0.3 is 10.0 Å². The number of likely N-dealkylation sites (tertiary alicyclic amines) is 1. The van der Waals surface area contributed by atoms with Gasteiger partial charge in [-0.1, -0.05) is 24.3 Å². The van der Waals surface area contributed by atoms with E-state index in [4.69, 9.17) is 5.11 Å². The van der Waals surface area contributed by atoms with Gasteiger partial charge in [0.1, 0.15) is 0 Å². The number of rotatable bonds is 3. The van der Waals surface area contributed by atoms with Crippen LogP contribution in [0.3, 0.4) is 0 Å². The minimum absolute atomic E-state index is 0.220. The van der Waals surface area contributed by atoms with Gasteiger partial charge in [0, 0.05) is 26.2 Å². The SMILES string of the molecule is O=C(CN1CCC(CO)C1)N1CCc2ccccc2C1. The number of carbonyl (C=O) groups is 1. The Kier molecular flexibility index (Phi) is 4.03. The predicted molar refractivity (Wildman–Crippen MR) is 77.2 cm³/mol. The minimum Gasteiger partial charge on any atom is -0.396 e. The summed E-state index contributed by atoms with van der Waals surface area (Å²) >= 11 is 0. The number of aliphatic hydroxyl groups is 1. The first kappa shape index (κ1) is 13.6. The highest BCUT2D eigenvalue weighted by atomic mass is 16.3. The van der Waals surface area contributed by atoms with E-state index in [-0.39, 0.29) is 12.5 Å². The van der Waals surface area contributed by atoms with Crippen molar-refractivity contribution in [1.29, 1.82) is 0 Å². The van der Waals surface area contributed by atoms with Crippen LogP contribution < -0.4 is 0 Å². The topological polar surface area (TPSA) is 43.8 Å². The molecule has 0 saturated carbocycles. The average Bonchev–Trinajstić information content (AvgIpc) is 2.94. The van der Waals surface area contributed by atoms with E-state index in [1.54, 1.807) is 0 Å². The Hall–Kier alpha value is -1.39. The zero-order chi connectivity index (χ0) is 13.9. The van der Waals surface area contributed by atoms with Crippen molar-refractivity contribution >= 4 is 5.91 Å². The van der Waals surface area contributed by atoms with E-state index in [1.807, 2.05) is 11.0 Å². The quantitative estimate of drug-likeness (QED) is 0.890. The fourth-order valence-corrected chi connectivity index (χ4v) is 3.21. The van der Waals surface area contributed by atoms with Gasteiger partial charge in [0.25, 0.3) is 0 Å². The average molecular weight is 274 g/mol. The summed E-state index contributed by atoms with van der Waals surface area (Å²) in [6.07, 6.45) is 1.97. The van der Waals surface area contributed by atoms with Crippen LogP contribution in [0.15, 0.2) is 24.3 Å². The van der Waals surface area contributed by atoms with Gasteiger partial charge in [-0.25, -0.2) is 0 Å². The third-order valence-corrected chi connectivity index (χ3v) is 4.47. The fourth-order valence-electron chi connectivity index (χ4n) is 3.21. The van der Waals surface area contributed by atoms with Gasteiger partial charge in [0.2, 0.25) is 5.91 Å². The monoisotopic (exact) mass is 274 g/mol. The largest absolute Gasteiger partial charge is 0.396 e. The molecule has 1 amide bonds. The van der Waals surface area contributed by atoms with E-state index in [0.29, 0.717) is 12.5 Å². The Balaban J connectivity index is 1.57. The van der Waals surface area contributed by atoms with E-state index < -0.39 is 0 Å².